The zero-order valence-corrected chi connectivity index (χ0v) is 13.4. The Balaban J connectivity index is 2.06. The maximum atomic E-state index is 4.36. The zero-order valence-electron chi connectivity index (χ0n) is 10.4. The van der Waals surface area contributed by atoms with E-state index in [0.29, 0.717) is 0 Å². The van der Waals surface area contributed by atoms with Crippen LogP contribution in [0, 0.1) is 2.88 Å². The van der Waals surface area contributed by atoms with Gasteiger partial charge in [-0.05, 0) is 70.4 Å². The minimum absolute atomic E-state index is 0.240. The molecular formula is C15H13IN2S. The van der Waals surface area contributed by atoms with Crippen LogP contribution in [-0.2, 0) is 0 Å². The second kappa shape index (κ2) is 5.56. The summed E-state index contributed by atoms with van der Waals surface area (Å²) in [4.78, 5) is 4.36. The summed E-state index contributed by atoms with van der Waals surface area (Å²) in [6.07, 6.45) is 1.83. The lowest BCUT2D eigenvalue weighted by Crippen LogP contribution is -2.16. The van der Waals surface area contributed by atoms with Gasteiger partial charge in [0, 0.05) is 11.6 Å². The molecule has 0 aliphatic heterocycles. The summed E-state index contributed by atoms with van der Waals surface area (Å²) in [6.45, 7) is 0. The fourth-order valence-corrected chi connectivity index (χ4v) is 3.67. The fraction of sp³-hybridized carbons (Fsp3) is 0.133. The Morgan fingerprint density at radius 3 is 2.84 bits per heavy atom. The van der Waals surface area contributed by atoms with Crippen LogP contribution < -0.4 is 5.32 Å². The van der Waals surface area contributed by atoms with Crippen molar-refractivity contribution in [1.82, 2.24) is 10.3 Å². The Bertz CT molecular complexity index is 708. The lowest BCUT2D eigenvalue weighted by Gasteiger charge is -2.16. The predicted octanol–water partition coefficient (Wildman–Crippen LogP) is 4.21. The molecule has 1 atom stereocenters. The number of aromatic nitrogens is 1. The maximum Gasteiger partial charge on any atom is 0.0702 e. The van der Waals surface area contributed by atoms with Gasteiger partial charge < -0.3 is 5.32 Å². The number of nitrogens with zero attached hydrogens (tertiary/aromatic N) is 1. The van der Waals surface area contributed by atoms with Crippen LogP contribution in [0.2, 0.25) is 0 Å². The molecule has 1 N–H and O–H groups in total. The Kier molecular flexibility index (Phi) is 3.81. The second-order valence-corrected chi connectivity index (χ2v) is 7.17. The molecule has 19 heavy (non-hydrogen) atoms. The van der Waals surface area contributed by atoms with E-state index < -0.39 is 0 Å². The fourth-order valence-electron chi connectivity index (χ4n) is 2.27. The van der Waals surface area contributed by atoms with Crippen LogP contribution in [0.15, 0.2) is 48.0 Å². The van der Waals surface area contributed by atoms with Crippen LogP contribution in [0.1, 0.15) is 17.2 Å². The molecule has 96 valence electrons. The number of thiophene rings is 1. The number of rotatable bonds is 3. The topological polar surface area (TPSA) is 24.9 Å². The highest BCUT2D eigenvalue weighted by Gasteiger charge is 2.13. The van der Waals surface area contributed by atoms with Crippen LogP contribution in [-0.4, -0.2) is 12.0 Å². The molecule has 3 aromatic rings. The number of pyridine rings is 1. The van der Waals surface area contributed by atoms with Crippen molar-refractivity contribution in [3.63, 3.8) is 0 Å². The van der Waals surface area contributed by atoms with E-state index in [-0.39, 0.29) is 6.04 Å². The highest BCUT2D eigenvalue weighted by atomic mass is 127. The van der Waals surface area contributed by atoms with Gasteiger partial charge in [-0.25, -0.2) is 0 Å². The zero-order chi connectivity index (χ0) is 13.2. The number of benzene rings is 1. The summed E-state index contributed by atoms with van der Waals surface area (Å²) < 4.78 is 1.32. The Hall–Kier alpha value is -0.980. The smallest absolute Gasteiger partial charge is 0.0702 e. The number of hydrogen-bond donors (Lipinski definition) is 1. The van der Waals surface area contributed by atoms with Gasteiger partial charge >= 0.3 is 0 Å². The van der Waals surface area contributed by atoms with Crippen LogP contribution in [0.5, 0.6) is 0 Å². The van der Waals surface area contributed by atoms with Gasteiger partial charge in [0.25, 0.3) is 0 Å². The molecule has 0 saturated heterocycles. The molecule has 1 unspecified atom stereocenters. The first-order valence-electron chi connectivity index (χ1n) is 6.04. The van der Waals surface area contributed by atoms with Crippen LogP contribution >= 0.6 is 33.9 Å². The molecule has 0 amide bonds. The molecule has 1 aromatic carbocycles. The van der Waals surface area contributed by atoms with Gasteiger partial charge in [-0.15, -0.1) is 11.3 Å². The Morgan fingerprint density at radius 1 is 1.21 bits per heavy atom. The average Bonchev–Trinajstić information content (AvgIpc) is 2.86. The third kappa shape index (κ3) is 2.66. The van der Waals surface area contributed by atoms with Gasteiger partial charge in [0.2, 0.25) is 0 Å². The van der Waals surface area contributed by atoms with Crippen LogP contribution in [0.25, 0.3) is 10.9 Å². The SMILES string of the molecule is CNC(c1csc(I)c1)c1ccc2ncccc2c1. The normalized spacial score (nSPS) is 12.7. The van der Waals surface area contributed by atoms with Crippen molar-refractivity contribution in [2.75, 3.05) is 7.05 Å². The predicted molar refractivity (Wildman–Crippen MR) is 89.7 cm³/mol. The van der Waals surface area contributed by atoms with E-state index in [4.69, 9.17) is 0 Å². The number of nitrogens with one attached hydrogen (secondary N) is 1. The third-order valence-electron chi connectivity index (χ3n) is 3.17. The summed E-state index contributed by atoms with van der Waals surface area (Å²) in [7, 11) is 2.00. The maximum absolute atomic E-state index is 4.36. The van der Waals surface area contributed by atoms with Gasteiger partial charge in [0.15, 0.2) is 0 Å². The summed E-state index contributed by atoms with van der Waals surface area (Å²) in [5, 5.41) is 6.80. The quantitative estimate of drug-likeness (QED) is 0.689. The van der Waals surface area contributed by atoms with Crippen molar-refractivity contribution < 1.29 is 0 Å². The molecule has 2 aromatic heterocycles. The summed E-state index contributed by atoms with van der Waals surface area (Å²) in [5.41, 5.74) is 3.64. The van der Waals surface area contributed by atoms with Gasteiger partial charge in [-0.2, -0.15) is 0 Å². The lowest BCUT2D eigenvalue weighted by molar-refractivity contribution is 0.695. The highest BCUT2D eigenvalue weighted by molar-refractivity contribution is 14.1. The van der Waals surface area contributed by atoms with E-state index in [0.717, 1.165) is 5.52 Å². The number of hydrogen-bond acceptors (Lipinski definition) is 3. The molecule has 0 aliphatic rings. The molecule has 2 nitrogen and oxygen atoms in total. The molecule has 0 radical (unpaired) electrons. The molecule has 0 spiro atoms. The summed E-state index contributed by atoms with van der Waals surface area (Å²) in [5.74, 6) is 0. The van der Waals surface area contributed by atoms with Gasteiger partial charge in [0.1, 0.15) is 0 Å². The van der Waals surface area contributed by atoms with Crippen molar-refractivity contribution in [3.05, 3.63) is 62.0 Å². The van der Waals surface area contributed by atoms with E-state index in [2.05, 4.69) is 68.6 Å². The van der Waals surface area contributed by atoms with Crippen molar-refractivity contribution in [3.8, 4) is 0 Å². The number of fused-ring (bicyclic) bond motifs is 1. The highest BCUT2D eigenvalue weighted by Crippen LogP contribution is 2.28. The minimum Gasteiger partial charge on any atom is -0.309 e. The minimum atomic E-state index is 0.240. The lowest BCUT2D eigenvalue weighted by atomic mass is 10.00. The van der Waals surface area contributed by atoms with E-state index >= 15 is 0 Å². The average molecular weight is 380 g/mol. The second-order valence-electron chi connectivity index (χ2n) is 4.36. The molecule has 2 heterocycles. The Morgan fingerprint density at radius 2 is 2.11 bits per heavy atom. The molecule has 0 aliphatic carbocycles. The monoisotopic (exact) mass is 380 g/mol. The molecule has 0 saturated carbocycles. The van der Waals surface area contributed by atoms with E-state index in [1.807, 2.05) is 19.3 Å². The molecule has 0 fully saturated rings. The first kappa shape index (κ1) is 13.0. The van der Waals surface area contributed by atoms with E-state index in [9.17, 15) is 0 Å². The van der Waals surface area contributed by atoms with E-state index in [1.54, 1.807) is 11.3 Å². The largest absolute Gasteiger partial charge is 0.309 e. The third-order valence-corrected chi connectivity index (χ3v) is 4.98. The van der Waals surface area contributed by atoms with Crippen molar-refractivity contribution in [2.24, 2.45) is 0 Å². The Labute approximate surface area is 130 Å². The molecule has 4 heteroatoms. The van der Waals surface area contributed by atoms with Crippen molar-refractivity contribution >= 4 is 44.8 Å². The van der Waals surface area contributed by atoms with Crippen molar-refractivity contribution in [2.45, 2.75) is 6.04 Å². The van der Waals surface area contributed by atoms with Gasteiger partial charge in [-0.3, -0.25) is 4.98 Å². The van der Waals surface area contributed by atoms with E-state index in [1.165, 1.54) is 19.4 Å². The van der Waals surface area contributed by atoms with Crippen LogP contribution in [0.4, 0.5) is 0 Å². The molecule has 3 rings (SSSR count). The standard InChI is InChI=1S/C15H13IN2S/c1-17-15(12-8-14(16)19-9-12)11-4-5-13-10(7-11)3-2-6-18-13/h2-9,15,17H,1H3. The molecular weight excluding hydrogens is 367 g/mol. The summed E-state index contributed by atoms with van der Waals surface area (Å²) >= 11 is 4.15. The van der Waals surface area contributed by atoms with Gasteiger partial charge in [-0.1, -0.05) is 12.1 Å². The molecule has 0 bridgehead atoms. The number of halogens is 1. The first-order valence-corrected chi connectivity index (χ1v) is 7.99. The van der Waals surface area contributed by atoms with Gasteiger partial charge in [0.05, 0.1) is 14.4 Å². The first-order chi connectivity index (χ1) is 9.28. The summed E-state index contributed by atoms with van der Waals surface area (Å²) in [6, 6.07) is 13.0. The van der Waals surface area contributed by atoms with Crippen molar-refractivity contribution in [1.29, 1.82) is 0 Å². The van der Waals surface area contributed by atoms with Crippen LogP contribution in [0.3, 0.4) is 0 Å².